The van der Waals surface area contributed by atoms with Gasteiger partial charge >= 0.3 is 30.2 Å². The van der Waals surface area contributed by atoms with Crippen LogP contribution < -0.4 is 32.7 Å². The van der Waals surface area contributed by atoms with Crippen molar-refractivity contribution in [3.05, 3.63) is 29.8 Å². The summed E-state index contributed by atoms with van der Waals surface area (Å²) in [5.41, 5.74) is 12.3. The number of Topliss-reactive ketones (excluding diaryl/α,β-unsaturated/α-hetero) is 1. The molecule has 126 heavy (non-hydrogen) atoms. The molecule has 18 N–H and O–H groups in total. The maximum Gasteiger partial charge on any atom is 0.407 e. The summed E-state index contributed by atoms with van der Waals surface area (Å²) in [7, 11) is 0. The number of ketones is 1. The zero-order chi connectivity index (χ0) is 92.4. The van der Waals surface area contributed by atoms with Crippen LogP contribution in [-0.2, 0) is 63.7 Å². The fourth-order valence-electron chi connectivity index (χ4n) is 16.6. The molecule has 2 saturated heterocycles. The standard InChI is InChI=1S/C63H103N5O16.C32H63NO9/c1-5-7-9-11-12-13-14-15-16-17-19-24-30-51(83-53(71)31-25-18-10-8-6-2)55(72)49(41-80-60-58(75)57(74)56(73)52(38-69)84-60)67-62(78)81-39-43-32-34-45(35-33-43)66-59(76)44(27-26-36-65-61(64)77)37-50(70)54(42(3)4)68-63(79)82-40-48-46-28-22-20-21-23-29-47(46)48;1-3-5-7-9-10-11-12-13-14-15-17-18-20-25(41-27(35)21-19-16-8-6-4-2)28(36)24(33)23-40-32-31(39)30(38)29(37)26(22-34)42-32/h32-35,42,44,46-49,51-52,54-58,60,69,72-75H,5-19,22-31,36-41H2,1-4H3,(H,66,76)(H,67,78)(H,68,79)(H3,64,65,77);24-26,28-32,34,36-39H,3-23,33H2,1-2H3/t44-,46-,47+,48?,49+,51-,52?,54+,55+,56+,57+,58?,60+;24-,25+,26?,28-,29-,30-,31?,32-/m10/s1. The number of esters is 2. The second kappa shape index (κ2) is 67.3. The van der Waals surface area contributed by atoms with Crippen molar-refractivity contribution in [1.29, 1.82) is 0 Å². The summed E-state index contributed by atoms with van der Waals surface area (Å²) in [6.07, 6.45) is 20.9. The van der Waals surface area contributed by atoms with E-state index in [9.17, 15) is 84.6 Å². The number of carbonyl (C=O) groups is 7. The molecule has 5 unspecified atom stereocenters. The van der Waals surface area contributed by atoms with E-state index in [0.29, 0.717) is 55.2 Å². The van der Waals surface area contributed by atoms with Crippen LogP contribution in [0.4, 0.5) is 20.1 Å². The van der Waals surface area contributed by atoms with Crippen molar-refractivity contribution in [2.75, 3.05) is 44.9 Å². The number of ether oxygens (including phenoxy) is 8. The van der Waals surface area contributed by atoms with Gasteiger partial charge in [-0.15, -0.1) is 11.8 Å². The molecule has 4 aliphatic rings. The molecule has 726 valence electrons. The highest BCUT2D eigenvalue weighted by atomic mass is 16.7. The van der Waals surface area contributed by atoms with Crippen molar-refractivity contribution in [2.45, 2.75) is 441 Å². The monoisotopic (exact) mass is 1790 g/mol. The number of alkyl carbamates (subject to hydrolysis) is 2. The Balaban J connectivity index is 0.000000663. The molecule has 5 rings (SSSR count). The number of fused-ring (bicyclic) bond motifs is 1. The van der Waals surface area contributed by atoms with E-state index in [4.69, 9.17) is 49.4 Å². The Hall–Kier alpha value is -5.93. The number of rotatable bonds is 68. The van der Waals surface area contributed by atoms with Gasteiger partial charge in [0.1, 0.15) is 79.9 Å². The number of carbonyl (C=O) groups excluding carboxylic acids is 7. The van der Waals surface area contributed by atoms with Gasteiger partial charge < -0.3 is 122 Å². The van der Waals surface area contributed by atoms with Crippen molar-refractivity contribution in [3.63, 3.8) is 0 Å². The SMILES string of the molecule is CCCCCCCCCCCCCC[C@@H](OC(=O)CCCCCCC)[C@@H](O)[C@@H](N)CO[C@H]1OC(CO)[C@H](O)[C@H](O)C1O.CCCCCCCCCCCCCC[C@@H](OC(=O)CCCCCCC)[C@@H](O)[C@H](CO[C@H]1OC(CO)[C@H](O)[C@H](O)C1O)NC(=O)OCc1ccc(NC(=O)[C@H](CCCNC(N)=O)CC(=O)[C@@H](NC(=O)OCC2[C@H]3CCC#CCC[C@@H]23)C(C)C)cc1. The Morgan fingerprint density at radius 2 is 0.913 bits per heavy atom. The van der Waals surface area contributed by atoms with Gasteiger partial charge in [-0.2, -0.15) is 0 Å². The summed E-state index contributed by atoms with van der Waals surface area (Å²) in [4.78, 5) is 91.8. The summed E-state index contributed by atoms with van der Waals surface area (Å²) in [6.45, 7) is 10.3. The number of nitrogens with two attached hydrogens (primary N) is 2. The summed E-state index contributed by atoms with van der Waals surface area (Å²) in [5, 5.41) is 115. The first-order chi connectivity index (χ1) is 60.7. The van der Waals surface area contributed by atoms with Gasteiger partial charge in [-0.05, 0) is 106 Å². The molecule has 31 nitrogen and oxygen atoms in total. The lowest BCUT2D eigenvalue weighted by molar-refractivity contribution is -0.303. The average molecular weight is 1790 g/mol. The van der Waals surface area contributed by atoms with Crippen molar-refractivity contribution < 1.29 is 123 Å². The topological polar surface area (TPSA) is 496 Å². The summed E-state index contributed by atoms with van der Waals surface area (Å²) in [6, 6.07) is 2.44. The Morgan fingerprint density at radius 3 is 1.34 bits per heavy atom. The highest BCUT2D eigenvalue weighted by Gasteiger charge is 2.50. The summed E-state index contributed by atoms with van der Waals surface area (Å²) >= 11 is 0. The normalized spacial score (nSPS) is 23.4. The van der Waals surface area contributed by atoms with Gasteiger partial charge in [-0.25, -0.2) is 14.4 Å². The molecular formula is C95H166N6O25. The molecule has 0 bridgehead atoms. The van der Waals surface area contributed by atoms with Gasteiger partial charge in [0.25, 0.3) is 0 Å². The van der Waals surface area contributed by atoms with Crippen molar-refractivity contribution >= 4 is 47.5 Å². The number of benzene rings is 1. The number of urea groups is 1. The molecule has 2 aliphatic heterocycles. The number of primary amides is 1. The molecule has 1 aromatic rings. The second-order valence-electron chi connectivity index (χ2n) is 35.6. The first kappa shape index (κ1) is 112. The predicted molar refractivity (Wildman–Crippen MR) is 479 cm³/mol. The Bertz CT molecular complexity index is 3130. The van der Waals surface area contributed by atoms with Crippen LogP contribution in [0.1, 0.15) is 336 Å². The first-order valence-electron chi connectivity index (χ1n) is 48.4. The fraction of sp³-hybridized carbons (Fsp3) is 0.842. The van der Waals surface area contributed by atoms with Gasteiger partial charge in [-0.3, -0.25) is 19.2 Å². The first-order valence-corrected chi connectivity index (χ1v) is 48.4. The lowest BCUT2D eigenvalue weighted by atomic mass is 9.89. The smallest absolute Gasteiger partial charge is 0.407 e. The zero-order valence-electron chi connectivity index (χ0n) is 77.0. The van der Waals surface area contributed by atoms with E-state index in [1.807, 2.05) is 0 Å². The predicted octanol–water partition coefficient (Wildman–Crippen LogP) is 11.8. The lowest BCUT2D eigenvalue weighted by Gasteiger charge is -2.40. The Morgan fingerprint density at radius 1 is 0.500 bits per heavy atom. The van der Waals surface area contributed by atoms with Crippen LogP contribution >= 0.6 is 0 Å². The molecule has 31 heteroatoms. The lowest BCUT2D eigenvalue weighted by Crippen LogP contribution is -2.60. The molecular weight excluding hydrogens is 1630 g/mol. The van der Waals surface area contributed by atoms with Crippen LogP contribution in [0.3, 0.4) is 0 Å². The average Bonchev–Trinajstić information content (AvgIpc) is 1.63. The third kappa shape index (κ3) is 45.8. The molecule has 0 spiro atoms. The number of unbranched alkanes of at least 4 members (excludes halogenated alkanes) is 30. The van der Waals surface area contributed by atoms with Gasteiger partial charge in [0.15, 0.2) is 18.4 Å². The molecule has 2 heterocycles. The molecule has 1 saturated carbocycles. The van der Waals surface area contributed by atoms with E-state index < -0.39 is 160 Å². The number of aliphatic hydroxyl groups is 10. The van der Waals surface area contributed by atoms with E-state index in [1.54, 1.807) is 38.1 Å². The maximum atomic E-state index is 13.9. The Labute approximate surface area is 751 Å². The number of hydrogen-bond donors (Lipinski definition) is 16. The van der Waals surface area contributed by atoms with Crippen LogP contribution in [0.2, 0.25) is 0 Å². The number of amides is 5. The van der Waals surface area contributed by atoms with Crippen LogP contribution in [-0.4, -0.2) is 236 Å². The van der Waals surface area contributed by atoms with Crippen molar-refractivity contribution in [2.24, 2.45) is 41.1 Å². The Kier molecular flexibility index (Phi) is 60.0. The minimum atomic E-state index is -1.77. The third-order valence-corrected chi connectivity index (χ3v) is 24.7. The van der Waals surface area contributed by atoms with Gasteiger partial charge in [-0.1, -0.05) is 246 Å². The number of nitrogens with one attached hydrogen (secondary N) is 4. The van der Waals surface area contributed by atoms with Gasteiger partial charge in [0.2, 0.25) is 5.91 Å². The zero-order valence-corrected chi connectivity index (χ0v) is 77.0. The highest BCUT2D eigenvalue weighted by Crippen LogP contribution is 2.52. The van der Waals surface area contributed by atoms with E-state index in [0.717, 1.165) is 128 Å². The van der Waals surface area contributed by atoms with E-state index in [1.165, 1.54) is 103 Å². The van der Waals surface area contributed by atoms with Crippen LogP contribution in [0, 0.1) is 41.4 Å². The minimum absolute atomic E-state index is 0.139. The van der Waals surface area contributed by atoms with Crippen molar-refractivity contribution in [1.82, 2.24) is 16.0 Å². The van der Waals surface area contributed by atoms with Crippen LogP contribution in [0.25, 0.3) is 0 Å². The van der Waals surface area contributed by atoms with Crippen molar-refractivity contribution in [3.8, 4) is 11.8 Å². The molecule has 1 aromatic carbocycles. The molecule has 0 radical (unpaired) electrons. The fourth-order valence-corrected chi connectivity index (χ4v) is 16.6. The second-order valence-corrected chi connectivity index (χ2v) is 35.6. The van der Waals surface area contributed by atoms with Crippen LogP contribution in [0.5, 0.6) is 0 Å². The molecule has 0 aromatic heterocycles. The van der Waals surface area contributed by atoms with Gasteiger partial charge in [0.05, 0.1) is 51.2 Å². The quantitative estimate of drug-likeness (QED) is 0.0125. The molecule has 21 atom stereocenters. The number of anilines is 1. The minimum Gasteiger partial charge on any atom is -0.460 e. The molecule has 2 aliphatic carbocycles. The summed E-state index contributed by atoms with van der Waals surface area (Å²) < 4.78 is 45.1. The summed E-state index contributed by atoms with van der Waals surface area (Å²) in [5.74, 6) is 4.71. The highest BCUT2D eigenvalue weighted by molar-refractivity contribution is 5.97. The molecule has 5 amide bonds. The van der Waals surface area contributed by atoms with Crippen LogP contribution in [0.15, 0.2) is 24.3 Å². The van der Waals surface area contributed by atoms with E-state index >= 15 is 0 Å². The number of aliphatic hydroxyl groups excluding tert-OH is 10. The maximum absolute atomic E-state index is 13.9. The largest absolute Gasteiger partial charge is 0.460 e. The molecule has 3 fully saturated rings. The van der Waals surface area contributed by atoms with E-state index in [2.05, 4.69) is 60.8 Å². The van der Waals surface area contributed by atoms with E-state index in [-0.39, 0.29) is 75.6 Å². The van der Waals surface area contributed by atoms with Gasteiger partial charge in [0, 0.05) is 50.3 Å². The number of hydrogen-bond acceptors (Lipinski definition) is 26. The third-order valence-electron chi connectivity index (χ3n) is 24.7.